The number of methoxy groups -OCH3 is 1. The number of alkyl halides is 3. The molecule has 208 valence electrons. The Bertz CT molecular complexity index is 1290. The van der Waals surface area contributed by atoms with Crippen molar-refractivity contribution >= 4 is 11.8 Å². The highest BCUT2D eigenvalue weighted by atomic mass is 19.4. The molecule has 2 aliphatic heterocycles. The molecule has 0 atom stereocenters. The number of likely N-dealkylation sites (tertiary alicyclic amines) is 1. The van der Waals surface area contributed by atoms with E-state index in [9.17, 15) is 18.0 Å². The van der Waals surface area contributed by atoms with E-state index >= 15 is 0 Å². The van der Waals surface area contributed by atoms with Gasteiger partial charge in [-0.3, -0.25) is 10.00 Å². The number of hydrogen-bond acceptors (Lipinski definition) is 5. The van der Waals surface area contributed by atoms with Crippen molar-refractivity contribution in [2.45, 2.75) is 50.9 Å². The second kappa shape index (κ2) is 10.9. The summed E-state index contributed by atoms with van der Waals surface area (Å²) < 4.78 is 43.9. The number of piperidine rings is 1. The van der Waals surface area contributed by atoms with Crippen molar-refractivity contribution in [3.8, 4) is 16.9 Å². The Labute approximate surface area is 225 Å². The lowest BCUT2D eigenvalue weighted by Crippen LogP contribution is -2.54. The van der Waals surface area contributed by atoms with Crippen LogP contribution in [-0.4, -0.2) is 76.0 Å². The fourth-order valence-corrected chi connectivity index (χ4v) is 5.64. The topological polar surface area (TPSA) is 77.6 Å². The molecule has 39 heavy (non-hydrogen) atoms. The largest absolute Gasteiger partial charge is 0.497 e. The number of amides is 2. The third kappa shape index (κ3) is 5.73. The van der Waals surface area contributed by atoms with Gasteiger partial charge in [-0.25, -0.2) is 9.78 Å². The first-order chi connectivity index (χ1) is 18.7. The summed E-state index contributed by atoms with van der Waals surface area (Å²) in [6.07, 6.45) is 0.408. The molecule has 5 rings (SSSR count). The number of benzene rings is 1. The van der Waals surface area contributed by atoms with Crippen molar-refractivity contribution < 1.29 is 22.7 Å². The zero-order valence-electron chi connectivity index (χ0n) is 22.2. The molecule has 0 bridgehead atoms. The number of anilines is 1. The van der Waals surface area contributed by atoms with Crippen LogP contribution in [-0.2, 0) is 13.0 Å². The molecule has 3 aromatic rings. The van der Waals surface area contributed by atoms with E-state index in [1.807, 2.05) is 59.3 Å². The molecule has 0 unspecified atom stereocenters. The van der Waals surface area contributed by atoms with Crippen molar-refractivity contribution in [3.63, 3.8) is 0 Å². The van der Waals surface area contributed by atoms with Crippen LogP contribution in [0.5, 0.6) is 5.75 Å². The fraction of sp³-hybridized carbons (Fsp3) is 0.464. The van der Waals surface area contributed by atoms with Crippen molar-refractivity contribution in [1.82, 2.24) is 25.0 Å². The van der Waals surface area contributed by atoms with Crippen molar-refractivity contribution in [2.75, 3.05) is 38.2 Å². The molecule has 1 spiro atoms. The van der Waals surface area contributed by atoms with E-state index in [0.717, 1.165) is 22.4 Å². The molecule has 1 N–H and O–H groups in total. The minimum Gasteiger partial charge on any atom is -0.497 e. The monoisotopic (exact) mass is 542 g/mol. The molecule has 2 fully saturated rings. The maximum atomic E-state index is 14.0. The Morgan fingerprint density at radius 3 is 2.62 bits per heavy atom. The van der Waals surface area contributed by atoms with Gasteiger partial charge in [0, 0.05) is 43.5 Å². The highest BCUT2D eigenvalue weighted by molar-refractivity contribution is 5.94. The maximum Gasteiger partial charge on any atom is 0.390 e. The molecule has 2 saturated heterocycles. The quantitative estimate of drug-likeness (QED) is 0.420. The molecule has 1 aromatic carbocycles. The molecule has 2 amide bonds. The number of carbonyl (C=O) groups excluding carboxylic acids is 1. The Hall–Kier alpha value is -3.60. The third-order valence-corrected chi connectivity index (χ3v) is 7.84. The molecule has 0 saturated carbocycles. The van der Waals surface area contributed by atoms with Crippen molar-refractivity contribution in [3.05, 3.63) is 60.0 Å². The molecule has 2 aromatic heterocycles. The summed E-state index contributed by atoms with van der Waals surface area (Å²) in [5.74, 6) is 1.28. The van der Waals surface area contributed by atoms with E-state index in [2.05, 4.69) is 10.2 Å². The summed E-state index contributed by atoms with van der Waals surface area (Å²) in [5.41, 5.74) is 3.18. The Kier molecular flexibility index (Phi) is 7.53. The zero-order valence-corrected chi connectivity index (χ0v) is 22.2. The van der Waals surface area contributed by atoms with Crippen LogP contribution in [0.1, 0.15) is 37.4 Å². The van der Waals surface area contributed by atoms with Gasteiger partial charge in [0.1, 0.15) is 11.6 Å². The van der Waals surface area contributed by atoms with Gasteiger partial charge in [-0.1, -0.05) is 19.1 Å². The summed E-state index contributed by atoms with van der Waals surface area (Å²) in [4.78, 5) is 24.3. The first kappa shape index (κ1) is 27.0. The number of carbonyl (C=O) groups is 1. The predicted octanol–water partition coefficient (Wildman–Crippen LogP) is 5.27. The van der Waals surface area contributed by atoms with Crippen molar-refractivity contribution in [2.24, 2.45) is 0 Å². The number of urea groups is 1. The van der Waals surface area contributed by atoms with Gasteiger partial charge in [-0.05, 0) is 49.1 Å². The highest BCUT2D eigenvalue weighted by Crippen LogP contribution is 2.40. The minimum atomic E-state index is -4.18. The smallest absolute Gasteiger partial charge is 0.390 e. The average Bonchev–Trinajstić information content (AvgIpc) is 3.56. The standard InChI is InChI=1S/C28H33F3N6O2/c1-3-24-23(21-16-32-33-17-21)7-8-25(34-24)36-19-27(9-12-35(13-10-27)14-11-28(29,30)31)37(26(36)38)18-20-5-4-6-22(15-20)39-2/h4-8,15-17H,3,9-14,18-19H2,1-2H3,(H,32,33). The lowest BCUT2D eigenvalue weighted by molar-refractivity contribution is -0.139. The summed E-state index contributed by atoms with van der Waals surface area (Å²) in [6.45, 7) is 3.81. The van der Waals surface area contributed by atoms with Gasteiger partial charge in [-0.2, -0.15) is 18.3 Å². The Morgan fingerprint density at radius 2 is 1.95 bits per heavy atom. The maximum absolute atomic E-state index is 14.0. The van der Waals surface area contributed by atoms with Crippen LogP contribution in [0, 0.1) is 0 Å². The molecular weight excluding hydrogens is 509 g/mol. The number of aromatic amines is 1. The van der Waals surface area contributed by atoms with E-state index in [0.29, 0.717) is 57.0 Å². The predicted molar refractivity (Wildman–Crippen MR) is 142 cm³/mol. The van der Waals surface area contributed by atoms with Crippen LogP contribution in [0.3, 0.4) is 0 Å². The number of aromatic nitrogens is 3. The summed E-state index contributed by atoms with van der Waals surface area (Å²) in [5, 5.41) is 6.87. The van der Waals surface area contributed by atoms with Crippen LogP contribution in [0.4, 0.5) is 23.8 Å². The van der Waals surface area contributed by atoms with Gasteiger partial charge in [-0.15, -0.1) is 0 Å². The van der Waals surface area contributed by atoms with E-state index < -0.39 is 18.1 Å². The van der Waals surface area contributed by atoms with Crippen LogP contribution in [0.25, 0.3) is 11.1 Å². The number of hydrogen-bond donors (Lipinski definition) is 1. The number of H-pyrrole nitrogens is 1. The van der Waals surface area contributed by atoms with Gasteiger partial charge in [0.2, 0.25) is 0 Å². The number of ether oxygens (including phenoxy) is 1. The molecule has 2 aliphatic rings. The Morgan fingerprint density at radius 1 is 1.15 bits per heavy atom. The number of nitrogens with one attached hydrogen (secondary N) is 1. The average molecular weight is 543 g/mol. The number of halogens is 3. The molecule has 0 radical (unpaired) electrons. The van der Waals surface area contributed by atoms with Gasteiger partial charge < -0.3 is 14.5 Å². The van der Waals surface area contributed by atoms with Gasteiger partial charge in [0.25, 0.3) is 0 Å². The first-order valence-corrected chi connectivity index (χ1v) is 13.2. The fourth-order valence-electron chi connectivity index (χ4n) is 5.64. The lowest BCUT2D eigenvalue weighted by Gasteiger charge is -2.44. The normalized spacial score (nSPS) is 17.8. The van der Waals surface area contributed by atoms with Crippen LogP contribution >= 0.6 is 0 Å². The third-order valence-electron chi connectivity index (χ3n) is 7.84. The summed E-state index contributed by atoms with van der Waals surface area (Å²) in [7, 11) is 1.60. The van der Waals surface area contributed by atoms with Crippen LogP contribution in [0.15, 0.2) is 48.8 Å². The second-order valence-electron chi connectivity index (χ2n) is 10.2. The van der Waals surface area contributed by atoms with E-state index in [1.165, 1.54) is 0 Å². The Balaban J connectivity index is 1.43. The van der Waals surface area contributed by atoms with Gasteiger partial charge >= 0.3 is 12.2 Å². The summed E-state index contributed by atoms with van der Waals surface area (Å²) in [6, 6.07) is 11.3. The molecule has 4 heterocycles. The van der Waals surface area contributed by atoms with Crippen LogP contribution in [0.2, 0.25) is 0 Å². The number of nitrogens with zero attached hydrogens (tertiary/aromatic N) is 5. The van der Waals surface area contributed by atoms with Crippen LogP contribution < -0.4 is 9.64 Å². The molecule has 11 heteroatoms. The SMILES string of the molecule is CCc1nc(N2CC3(CCN(CCC(F)(F)F)CC3)N(Cc3cccc(OC)c3)C2=O)ccc1-c1cn[nH]c1. The number of pyridine rings is 1. The zero-order chi connectivity index (χ0) is 27.6. The van der Waals surface area contributed by atoms with Crippen molar-refractivity contribution in [1.29, 1.82) is 0 Å². The van der Waals surface area contributed by atoms with E-state index in [1.54, 1.807) is 18.2 Å². The lowest BCUT2D eigenvalue weighted by atomic mass is 9.86. The second-order valence-corrected chi connectivity index (χ2v) is 10.2. The molecular formula is C28H33F3N6O2. The minimum absolute atomic E-state index is 0.0238. The first-order valence-electron chi connectivity index (χ1n) is 13.2. The molecule has 0 aliphatic carbocycles. The van der Waals surface area contributed by atoms with E-state index in [4.69, 9.17) is 9.72 Å². The number of rotatable bonds is 8. The highest BCUT2D eigenvalue weighted by Gasteiger charge is 2.51. The van der Waals surface area contributed by atoms with Gasteiger partial charge in [0.05, 0.1) is 37.5 Å². The summed E-state index contributed by atoms with van der Waals surface area (Å²) >= 11 is 0. The van der Waals surface area contributed by atoms with E-state index in [-0.39, 0.29) is 12.6 Å². The molecule has 8 nitrogen and oxygen atoms in total. The van der Waals surface area contributed by atoms with Gasteiger partial charge in [0.15, 0.2) is 0 Å². The number of aryl methyl sites for hydroxylation is 1.